The lowest BCUT2D eigenvalue weighted by atomic mass is 10.1. The number of nitrogens with zero attached hydrogens (tertiary/aromatic N) is 1. The van der Waals surface area contributed by atoms with Crippen LogP contribution in [0.25, 0.3) is 10.9 Å². The highest BCUT2D eigenvalue weighted by atomic mass is 16.5. The number of hydrogen-bond donors (Lipinski definition) is 1. The van der Waals surface area contributed by atoms with Crippen molar-refractivity contribution >= 4 is 16.9 Å². The van der Waals surface area contributed by atoms with Crippen molar-refractivity contribution in [1.29, 1.82) is 0 Å². The van der Waals surface area contributed by atoms with E-state index in [-0.39, 0.29) is 11.7 Å². The van der Waals surface area contributed by atoms with Gasteiger partial charge in [-0.25, -0.2) is 4.79 Å². The third kappa shape index (κ3) is 4.72. The molecule has 118 valence electrons. The van der Waals surface area contributed by atoms with Crippen LogP contribution >= 0.6 is 0 Å². The van der Waals surface area contributed by atoms with Crippen LogP contribution in [0.5, 0.6) is 5.75 Å². The van der Waals surface area contributed by atoms with Gasteiger partial charge in [0.15, 0.2) is 0 Å². The van der Waals surface area contributed by atoms with Crippen LogP contribution in [0, 0.1) is 0 Å². The van der Waals surface area contributed by atoms with E-state index in [2.05, 4.69) is 11.9 Å². The van der Waals surface area contributed by atoms with Crippen molar-refractivity contribution in [2.24, 2.45) is 0 Å². The third-order valence-electron chi connectivity index (χ3n) is 3.63. The van der Waals surface area contributed by atoms with Gasteiger partial charge < -0.3 is 9.84 Å². The summed E-state index contributed by atoms with van der Waals surface area (Å²) in [6.45, 7) is 2.65. The van der Waals surface area contributed by atoms with Gasteiger partial charge in [-0.2, -0.15) is 0 Å². The third-order valence-corrected chi connectivity index (χ3v) is 3.63. The number of aromatic hydroxyl groups is 1. The quantitative estimate of drug-likeness (QED) is 0.577. The maximum Gasteiger partial charge on any atom is 0.339 e. The zero-order valence-electron chi connectivity index (χ0n) is 13.0. The van der Waals surface area contributed by atoms with Crippen LogP contribution in [-0.2, 0) is 4.74 Å². The van der Waals surface area contributed by atoms with Gasteiger partial charge in [-0.05, 0) is 24.6 Å². The van der Waals surface area contributed by atoms with Crippen molar-refractivity contribution < 1.29 is 14.6 Å². The lowest BCUT2D eigenvalue weighted by Gasteiger charge is -2.06. The van der Waals surface area contributed by atoms with E-state index in [1.165, 1.54) is 31.9 Å². The van der Waals surface area contributed by atoms with Gasteiger partial charge in [-0.15, -0.1) is 0 Å². The molecular formula is C18H23NO3. The zero-order valence-corrected chi connectivity index (χ0v) is 13.0. The van der Waals surface area contributed by atoms with Gasteiger partial charge in [-0.1, -0.05) is 39.0 Å². The Bertz CT molecular complexity index is 625. The van der Waals surface area contributed by atoms with Crippen LogP contribution in [0.1, 0.15) is 55.8 Å². The number of phenolic OH excluding ortho intramolecular Hbond substituents is 1. The molecule has 22 heavy (non-hydrogen) atoms. The molecule has 4 nitrogen and oxygen atoms in total. The average molecular weight is 301 g/mol. The zero-order chi connectivity index (χ0) is 15.8. The summed E-state index contributed by atoms with van der Waals surface area (Å²) in [5, 5.41) is 10.2. The predicted molar refractivity (Wildman–Crippen MR) is 87.1 cm³/mol. The van der Waals surface area contributed by atoms with Crippen molar-refractivity contribution in [3.05, 3.63) is 36.0 Å². The smallest absolute Gasteiger partial charge is 0.339 e. The normalized spacial score (nSPS) is 10.8. The Labute approximate surface area is 131 Å². The number of fused-ring (bicyclic) bond motifs is 1. The van der Waals surface area contributed by atoms with Crippen molar-refractivity contribution in [2.75, 3.05) is 6.61 Å². The minimum absolute atomic E-state index is 0.165. The van der Waals surface area contributed by atoms with E-state index in [1.807, 2.05) is 0 Å². The van der Waals surface area contributed by atoms with E-state index >= 15 is 0 Å². The molecule has 2 aromatic rings. The van der Waals surface area contributed by atoms with E-state index in [9.17, 15) is 9.90 Å². The molecule has 0 saturated heterocycles. The monoisotopic (exact) mass is 301 g/mol. The molecule has 0 aliphatic carbocycles. The number of ether oxygens (including phenoxy) is 1. The number of phenols is 1. The van der Waals surface area contributed by atoms with Crippen LogP contribution in [0.2, 0.25) is 0 Å². The fourth-order valence-corrected chi connectivity index (χ4v) is 2.35. The highest BCUT2D eigenvalue weighted by Gasteiger charge is 2.09. The maximum atomic E-state index is 12.0. The van der Waals surface area contributed by atoms with Crippen LogP contribution in [0.4, 0.5) is 0 Å². The van der Waals surface area contributed by atoms with Gasteiger partial charge in [0.25, 0.3) is 0 Å². The number of unbranched alkanes of at least 4 members (excludes halogenated alkanes) is 5. The molecule has 1 heterocycles. The number of hydrogen-bond acceptors (Lipinski definition) is 4. The molecule has 4 heteroatoms. The Kier molecular flexibility index (Phi) is 6.19. The minimum atomic E-state index is -0.337. The molecule has 0 unspecified atom stereocenters. The molecule has 0 amide bonds. The first kappa shape index (κ1) is 16.3. The number of rotatable bonds is 8. The topological polar surface area (TPSA) is 59.4 Å². The van der Waals surface area contributed by atoms with Gasteiger partial charge in [0.1, 0.15) is 5.75 Å². The van der Waals surface area contributed by atoms with Crippen molar-refractivity contribution in [2.45, 2.75) is 45.4 Å². The van der Waals surface area contributed by atoms with Gasteiger partial charge in [0.2, 0.25) is 0 Å². The molecule has 0 bridgehead atoms. The largest absolute Gasteiger partial charge is 0.508 e. The first-order valence-corrected chi connectivity index (χ1v) is 7.96. The van der Waals surface area contributed by atoms with Gasteiger partial charge >= 0.3 is 5.97 Å². The Hall–Kier alpha value is -2.10. The lowest BCUT2D eigenvalue weighted by Crippen LogP contribution is -2.07. The molecule has 0 spiro atoms. The molecule has 0 radical (unpaired) electrons. The Morgan fingerprint density at radius 1 is 1.14 bits per heavy atom. The number of aromatic nitrogens is 1. The summed E-state index contributed by atoms with van der Waals surface area (Å²) in [4.78, 5) is 16.2. The molecule has 0 aliphatic rings. The Morgan fingerprint density at radius 3 is 2.73 bits per heavy atom. The van der Waals surface area contributed by atoms with Crippen molar-refractivity contribution in [3.8, 4) is 5.75 Å². The summed E-state index contributed by atoms with van der Waals surface area (Å²) in [6.07, 6.45) is 8.47. The number of carbonyl (C=O) groups is 1. The number of carbonyl (C=O) groups excluding carboxylic acids is 1. The maximum absolute atomic E-state index is 12.0. The summed E-state index contributed by atoms with van der Waals surface area (Å²) in [7, 11) is 0. The van der Waals surface area contributed by atoms with E-state index in [0.717, 1.165) is 18.2 Å². The number of pyridine rings is 1. The average Bonchev–Trinajstić information content (AvgIpc) is 2.53. The van der Waals surface area contributed by atoms with Gasteiger partial charge in [-0.3, -0.25) is 4.98 Å². The molecular weight excluding hydrogens is 278 g/mol. The first-order valence-electron chi connectivity index (χ1n) is 7.96. The molecule has 0 atom stereocenters. The Morgan fingerprint density at radius 2 is 1.91 bits per heavy atom. The highest BCUT2D eigenvalue weighted by Crippen LogP contribution is 2.19. The summed E-state index contributed by atoms with van der Waals surface area (Å²) >= 11 is 0. The molecule has 2 rings (SSSR count). The van der Waals surface area contributed by atoms with Crippen molar-refractivity contribution in [3.63, 3.8) is 0 Å². The first-order chi connectivity index (χ1) is 10.7. The van der Waals surface area contributed by atoms with Crippen LogP contribution < -0.4 is 0 Å². The van der Waals surface area contributed by atoms with Crippen molar-refractivity contribution in [1.82, 2.24) is 4.98 Å². The predicted octanol–water partition coefficient (Wildman–Crippen LogP) is 4.46. The molecule has 0 fully saturated rings. The second-order valence-corrected chi connectivity index (χ2v) is 5.50. The van der Waals surface area contributed by atoms with Crippen LogP contribution in [-0.4, -0.2) is 22.7 Å². The van der Waals surface area contributed by atoms with E-state index < -0.39 is 0 Å². The number of esters is 1. The number of benzene rings is 1. The van der Waals surface area contributed by atoms with Crippen LogP contribution in [0.15, 0.2) is 30.5 Å². The van der Waals surface area contributed by atoms with E-state index in [0.29, 0.717) is 17.7 Å². The van der Waals surface area contributed by atoms with E-state index in [4.69, 9.17) is 4.74 Å². The fourth-order valence-electron chi connectivity index (χ4n) is 2.35. The summed E-state index contributed by atoms with van der Waals surface area (Å²) in [5.41, 5.74) is 1.11. The molecule has 0 saturated carbocycles. The second-order valence-electron chi connectivity index (χ2n) is 5.50. The molecule has 1 aromatic heterocycles. The summed E-state index contributed by atoms with van der Waals surface area (Å²) < 4.78 is 5.28. The molecule has 1 aromatic carbocycles. The summed E-state index contributed by atoms with van der Waals surface area (Å²) in [5.74, 6) is -0.172. The van der Waals surface area contributed by atoms with Gasteiger partial charge in [0.05, 0.1) is 17.7 Å². The molecule has 1 N–H and O–H groups in total. The Balaban J connectivity index is 1.81. The van der Waals surface area contributed by atoms with Gasteiger partial charge in [0, 0.05) is 17.6 Å². The molecule has 0 aliphatic heterocycles. The minimum Gasteiger partial charge on any atom is -0.508 e. The second kappa shape index (κ2) is 8.37. The highest BCUT2D eigenvalue weighted by molar-refractivity contribution is 5.93. The van der Waals surface area contributed by atoms with Crippen LogP contribution in [0.3, 0.4) is 0 Å². The summed E-state index contributed by atoms with van der Waals surface area (Å²) in [6, 6.07) is 6.63. The standard InChI is InChI=1S/C18H23NO3/c1-2-3-4-5-6-7-10-22-18(21)15-11-14-8-9-16(20)12-17(14)19-13-15/h8-9,11-13,20H,2-7,10H2,1H3. The SMILES string of the molecule is CCCCCCCCOC(=O)c1cnc2cc(O)ccc2c1. The lowest BCUT2D eigenvalue weighted by molar-refractivity contribution is 0.0497. The van der Waals surface area contributed by atoms with E-state index in [1.54, 1.807) is 24.3 Å². The fraction of sp³-hybridized carbons (Fsp3) is 0.444.